The lowest BCUT2D eigenvalue weighted by molar-refractivity contribution is -0.261. The van der Waals surface area contributed by atoms with Gasteiger partial charge in [-0.15, -0.1) is 16.5 Å². The molecule has 11 heteroatoms. The maximum atomic E-state index is 11.7. The highest BCUT2D eigenvalue weighted by Crippen LogP contribution is 2.20. The minimum absolute atomic E-state index is 0.0417. The summed E-state index contributed by atoms with van der Waals surface area (Å²) in [6.45, 7) is -0.799. The predicted molar refractivity (Wildman–Crippen MR) is 65.5 cm³/mol. The van der Waals surface area contributed by atoms with Crippen LogP contribution in [-0.2, 0) is 4.74 Å². The van der Waals surface area contributed by atoms with Gasteiger partial charge in [0.1, 0.15) is 18.3 Å². The van der Waals surface area contributed by atoms with Crippen LogP contribution >= 0.6 is 11.6 Å². The Morgan fingerprint density at radius 2 is 2.00 bits per heavy atom. The third-order valence-corrected chi connectivity index (χ3v) is 2.99. The molecule has 1 aliphatic rings. The number of halogens is 1. The second kappa shape index (κ2) is 7.67. The van der Waals surface area contributed by atoms with Crippen molar-refractivity contribution in [3.05, 3.63) is 4.91 Å². The lowest BCUT2D eigenvalue weighted by Crippen LogP contribution is -2.65. The van der Waals surface area contributed by atoms with Crippen molar-refractivity contribution < 1.29 is 30.0 Å². The number of urea groups is 1. The summed E-state index contributed by atoms with van der Waals surface area (Å²) in [5.74, 6) is -0.0417. The van der Waals surface area contributed by atoms with Gasteiger partial charge in [0.2, 0.25) is 0 Å². The summed E-state index contributed by atoms with van der Waals surface area (Å²) >= 11 is 5.38. The Bertz CT molecular complexity index is 348. The first kappa shape index (κ1) is 17.0. The lowest BCUT2D eigenvalue weighted by atomic mass is 9.96. The number of nitroso groups, excluding NO2 is 1. The van der Waals surface area contributed by atoms with Gasteiger partial charge in [0.05, 0.1) is 24.5 Å². The highest BCUT2D eigenvalue weighted by Gasteiger charge is 2.44. The molecule has 0 aromatic heterocycles. The van der Waals surface area contributed by atoms with E-state index in [0.717, 1.165) is 0 Å². The molecular formula is C9H16ClN3O7. The molecule has 0 spiro atoms. The largest absolute Gasteiger partial charge is 0.394 e. The van der Waals surface area contributed by atoms with Gasteiger partial charge in [-0.3, -0.25) is 0 Å². The number of hydrogen-bond acceptors (Lipinski definition) is 8. The molecule has 5 unspecified atom stereocenters. The first-order chi connectivity index (χ1) is 9.46. The lowest BCUT2D eigenvalue weighted by Gasteiger charge is -2.40. The van der Waals surface area contributed by atoms with Gasteiger partial charge in [-0.1, -0.05) is 0 Å². The summed E-state index contributed by atoms with van der Waals surface area (Å²) in [6.07, 6.45) is -6.01. The van der Waals surface area contributed by atoms with Crippen LogP contribution in [-0.4, -0.2) is 81.1 Å². The van der Waals surface area contributed by atoms with Crippen molar-refractivity contribution in [2.75, 3.05) is 19.0 Å². The Labute approximate surface area is 118 Å². The molecule has 0 aliphatic carbocycles. The second-order valence-corrected chi connectivity index (χ2v) is 4.48. The molecular weight excluding hydrogens is 298 g/mol. The zero-order chi connectivity index (χ0) is 15.3. The van der Waals surface area contributed by atoms with E-state index in [0.29, 0.717) is 5.01 Å². The van der Waals surface area contributed by atoms with E-state index in [9.17, 15) is 25.0 Å². The van der Waals surface area contributed by atoms with Gasteiger partial charge in [0, 0.05) is 5.88 Å². The van der Waals surface area contributed by atoms with Gasteiger partial charge in [0.15, 0.2) is 6.29 Å². The fourth-order valence-electron chi connectivity index (χ4n) is 1.75. The molecule has 1 heterocycles. The first-order valence-electron chi connectivity index (χ1n) is 5.74. The monoisotopic (exact) mass is 313 g/mol. The Morgan fingerprint density at radius 3 is 2.50 bits per heavy atom. The number of aliphatic hydroxyl groups is 4. The molecule has 0 radical (unpaired) electrons. The van der Waals surface area contributed by atoms with Crippen molar-refractivity contribution in [1.82, 2.24) is 10.3 Å². The van der Waals surface area contributed by atoms with E-state index >= 15 is 0 Å². The fraction of sp³-hybridized carbons (Fsp3) is 0.889. The minimum atomic E-state index is -1.70. The number of rotatable bonds is 5. The number of amides is 2. The molecule has 1 saturated heterocycles. The number of carbonyl (C=O) groups excluding carboxylic acids is 1. The molecule has 0 bridgehead atoms. The quantitative estimate of drug-likeness (QED) is 0.218. The number of hydrogen-bond donors (Lipinski definition) is 5. The highest BCUT2D eigenvalue weighted by atomic mass is 35.5. The van der Waals surface area contributed by atoms with Gasteiger partial charge in [-0.05, 0) is 0 Å². The summed E-state index contributed by atoms with van der Waals surface area (Å²) in [6, 6.07) is -2.35. The van der Waals surface area contributed by atoms with E-state index in [1.54, 1.807) is 0 Å². The third-order valence-electron chi connectivity index (χ3n) is 2.82. The summed E-state index contributed by atoms with van der Waals surface area (Å²) < 4.78 is 4.74. The van der Waals surface area contributed by atoms with Gasteiger partial charge in [-0.2, -0.15) is 5.01 Å². The van der Waals surface area contributed by atoms with Gasteiger partial charge < -0.3 is 30.5 Å². The van der Waals surface area contributed by atoms with Crippen LogP contribution < -0.4 is 5.32 Å². The van der Waals surface area contributed by atoms with E-state index in [1.165, 1.54) is 0 Å². The summed E-state index contributed by atoms with van der Waals surface area (Å²) in [5, 5.41) is 42.9. The summed E-state index contributed by atoms with van der Waals surface area (Å²) in [5.41, 5.74) is 0. The number of nitrogens with zero attached hydrogens (tertiary/aromatic N) is 2. The first-order valence-corrected chi connectivity index (χ1v) is 6.27. The van der Waals surface area contributed by atoms with Gasteiger partial charge in [-0.25, -0.2) is 4.79 Å². The Kier molecular flexibility index (Phi) is 6.52. The topological polar surface area (TPSA) is 152 Å². The number of ether oxygens (including phenoxy) is 1. The molecule has 0 aromatic rings. The van der Waals surface area contributed by atoms with Gasteiger partial charge in [0.25, 0.3) is 0 Å². The molecule has 0 aromatic carbocycles. The Morgan fingerprint density at radius 1 is 1.35 bits per heavy atom. The average molecular weight is 314 g/mol. The van der Waals surface area contributed by atoms with E-state index in [1.807, 2.05) is 0 Å². The third kappa shape index (κ3) is 3.75. The molecule has 10 nitrogen and oxygen atoms in total. The van der Waals surface area contributed by atoms with Crippen LogP contribution in [0.5, 0.6) is 0 Å². The maximum Gasteiger partial charge on any atom is 0.340 e. The Hall–Kier alpha value is -1.04. The van der Waals surface area contributed by atoms with Crippen molar-refractivity contribution in [2.45, 2.75) is 30.6 Å². The molecule has 0 saturated carbocycles. The number of aliphatic hydroxyl groups excluding tert-OH is 4. The van der Waals surface area contributed by atoms with E-state index < -0.39 is 43.3 Å². The summed E-state index contributed by atoms with van der Waals surface area (Å²) in [7, 11) is 0. The molecule has 1 fully saturated rings. The SMILES string of the molecule is O=NN(CCCl)C(=O)NC1C(O)C(O)OC(CO)C1O. The normalized spacial score (nSPS) is 33.5. The zero-order valence-electron chi connectivity index (χ0n) is 10.3. The van der Waals surface area contributed by atoms with E-state index in [2.05, 4.69) is 10.6 Å². The maximum absolute atomic E-state index is 11.7. The fourth-order valence-corrected chi connectivity index (χ4v) is 1.91. The summed E-state index contributed by atoms with van der Waals surface area (Å²) in [4.78, 5) is 22.1. The number of carbonyl (C=O) groups is 1. The molecule has 5 N–H and O–H groups in total. The molecule has 116 valence electrons. The minimum Gasteiger partial charge on any atom is -0.394 e. The predicted octanol–water partition coefficient (Wildman–Crippen LogP) is -2.28. The van der Waals surface area contributed by atoms with Gasteiger partial charge >= 0.3 is 6.03 Å². The molecule has 20 heavy (non-hydrogen) atoms. The van der Waals surface area contributed by atoms with E-state index in [4.69, 9.17) is 21.4 Å². The Balaban J connectivity index is 2.76. The second-order valence-electron chi connectivity index (χ2n) is 4.10. The van der Waals surface area contributed by atoms with Crippen LogP contribution in [0.4, 0.5) is 4.79 Å². The highest BCUT2D eigenvalue weighted by molar-refractivity contribution is 6.18. The number of alkyl halides is 1. The van der Waals surface area contributed by atoms with Crippen LogP contribution in [0.25, 0.3) is 0 Å². The van der Waals surface area contributed by atoms with Crippen molar-refractivity contribution in [1.29, 1.82) is 0 Å². The van der Waals surface area contributed by atoms with Crippen molar-refractivity contribution in [2.24, 2.45) is 5.29 Å². The zero-order valence-corrected chi connectivity index (χ0v) is 11.0. The number of nitrogens with one attached hydrogen (secondary N) is 1. The van der Waals surface area contributed by atoms with Crippen LogP contribution in [0.3, 0.4) is 0 Å². The van der Waals surface area contributed by atoms with Crippen molar-refractivity contribution >= 4 is 17.6 Å². The smallest absolute Gasteiger partial charge is 0.340 e. The molecule has 1 rings (SSSR count). The molecule has 5 atom stereocenters. The molecule has 1 aliphatic heterocycles. The van der Waals surface area contributed by atoms with Crippen LogP contribution in [0.1, 0.15) is 0 Å². The van der Waals surface area contributed by atoms with Crippen LogP contribution in [0, 0.1) is 4.91 Å². The average Bonchev–Trinajstić information content (AvgIpc) is 2.44. The van der Waals surface area contributed by atoms with E-state index in [-0.39, 0.29) is 12.4 Å². The van der Waals surface area contributed by atoms with Crippen LogP contribution in [0.15, 0.2) is 5.29 Å². The van der Waals surface area contributed by atoms with Crippen molar-refractivity contribution in [3.63, 3.8) is 0 Å². The standard InChI is InChI=1S/C9H16ClN3O7/c10-1-2-13(12-19)9(18)11-5-6(15)4(3-14)20-8(17)7(5)16/h4-8,14-17H,1-3H2,(H,11,18). The van der Waals surface area contributed by atoms with Crippen LogP contribution in [0.2, 0.25) is 0 Å². The van der Waals surface area contributed by atoms with Crippen molar-refractivity contribution in [3.8, 4) is 0 Å². The molecule has 2 amide bonds.